The highest BCUT2D eigenvalue weighted by molar-refractivity contribution is 6.21. The van der Waals surface area contributed by atoms with Crippen LogP contribution < -0.4 is 5.32 Å². The van der Waals surface area contributed by atoms with Crippen molar-refractivity contribution in [2.75, 3.05) is 0 Å². The molecule has 0 bridgehead atoms. The fraction of sp³-hybridized carbons (Fsp3) is 0.0179. The van der Waals surface area contributed by atoms with Gasteiger partial charge in [-0.25, -0.2) is 0 Å². The van der Waals surface area contributed by atoms with E-state index < -0.39 is 0 Å². The van der Waals surface area contributed by atoms with Gasteiger partial charge in [-0.2, -0.15) is 0 Å². The van der Waals surface area contributed by atoms with E-state index in [4.69, 9.17) is 4.42 Å². The second-order valence-electron chi connectivity index (χ2n) is 15.1. The molecular weight excluding hydrogens is 703 g/mol. The minimum absolute atomic E-state index is 0.852. The second-order valence-corrected chi connectivity index (χ2v) is 15.1. The minimum Gasteiger partial charge on any atom is -0.456 e. The van der Waals surface area contributed by atoms with Crippen molar-refractivity contribution < 1.29 is 4.42 Å². The average molecular weight is 740 g/mol. The largest absolute Gasteiger partial charge is 0.456 e. The number of benzene rings is 9. The average Bonchev–Trinajstić information content (AvgIpc) is 3.67. The molecule has 0 amide bonds. The topological polar surface area (TPSA) is 25.2 Å². The van der Waals surface area contributed by atoms with Crippen LogP contribution in [0.1, 0.15) is 23.6 Å². The Kier molecular flexibility index (Phi) is 8.03. The highest BCUT2D eigenvalue weighted by Gasteiger charge is 2.22. The van der Waals surface area contributed by atoms with Crippen molar-refractivity contribution in [3.8, 4) is 33.4 Å². The van der Waals surface area contributed by atoms with Gasteiger partial charge in [0.2, 0.25) is 0 Å². The highest BCUT2D eigenvalue weighted by Crippen LogP contribution is 2.42. The van der Waals surface area contributed by atoms with E-state index in [1.165, 1.54) is 38.6 Å². The zero-order valence-electron chi connectivity index (χ0n) is 32.0. The molecule has 11 rings (SSSR count). The summed E-state index contributed by atoms with van der Waals surface area (Å²) < 4.78 is 6.71. The molecule has 1 aliphatic heterocycles. The van der Waals surface area contributed by atoms with Crippen LogP contribution in [0.15, 0.2) is 216 Å². The number of hydrogen-bond donors (Lipinski definition) is 1. The van der Waals surface area contributed by atoms with Crippen LogP contribution in [0.4, 0.5) is 0 Å². The van der Waals surface area contributed by atoms with Gasteiger partial charge < -0.3 is 9.73 Å². The lowest BCUT2D eigenvalue weighted by atomic mass is 9.90. The second kappa shape index (κ2) is 13.8. The van der Waals surface area contributed by atoms with E-state index in [1.54, 1.807) is 0 Å². The molecule has 2 nitrogen and oxygen atoms in total. The van der Waals surface area contributed by atoms with E-state index >= 15 is 0 Å². The normalized spacial score (nSPS) is 12.9. The summed E-state index contributed by atoms with van der Waals surface area (Å²) in [5.41, 5.74) is 20.2. The van der Waals surface area contributed by atoms with Gasteiger partial charge in [0.15, 0.2) is 0 Å². The first kappa shape index (κ1) is 33.7. The van der Waals surface area contributed by atoms with Gasteiger partial charge in [-0.05, 0) is 103 Å². The third-order valence-corrected chi connectivity index (χ3v) is 11.6. The lowest BCUT2D eigenvalue weighted by Crippen LogP contribution is -2.16. The zero-order chi connectivity index (χ0) is 38.6. The Hall–Kier alpha value is -7.64. The summed E-state index contributed by atoms with van der Waals surface area (Å²) in [5.74, 6) is 0. The van der Waals surface area contributed by atoms with E-state index in [0.29, 0.717) is 0 Å². The predicted molar refractivity (Wildman–Crippen MR) is 244 cm³/mol. The Morgan fingerprint density at radius 2 is 0.931 bits per heavy atom. The van der Waals surface area contributed by atoms with E-state index in [1.807, 2.05) is 0 Å². The van der Waals surface area contributed by atoms with Crippen LogP contribution >= 0.6 is 0 Å². The lowest BCUT2D eigenvalue weighted by molar-refractivity contribution is 0.669. The monoisotopic (exact) mass is 739 g/mol. The first-order valence-corrected chi connectivity index (χ1v) is 19.8. The maximum absolute atomic E-state index is 6.71. The van der Waals surface area contributed by atoms with Crippen LogP contribution in [-0.4, -0.2) is 0 Å². The van der Waals surface area contributed by atoms with Gasteiger partial charge in [-0.15, -0.1) is 0 Å². The third-order valence-electron chi connectivity index (χ3n) is 11.6. The molecule has 1 aliphatic rings. The molecule has 2 heterocycles. The minimum atomic E-state index is 0.852. The molecule has 0 radical (unpaired) electrons. The Bertz CT molecular complexity index is 3310. The fourth-order valence-electron chi connectivity index (χ4n) is 8.62. The predicted octanol–water partition coefficient (Wildman–Crippen LogP) is 15.0. The summed E-state index contributed by atoms with van der Waals surface area (Å²) in [6.45, 7) is 2.19. The van der Waals surface area contributed by atoms with Crippen LogP contribution in [0.2, 0.25) is 0 Å². The van der Waals surface area contributed by atoms with Gasteiger partial charge >= 0.3 is 0 Å². The summed E-state index contributed by atoms with van der Waals surface area (Å²) >= 11 is 0. The van der Waals surface area contributed by atoms with Gasteiger partial charge in [-0.1, -0.05) is 182 Å². The van der Waals surface area contributed by atoms with Gasteiger partial charge in [0.05, 0.1) is 11.4 Å². The molecule has 0 saturated heterocycles. The molecule has 0 fully saturated rings. The zero-order valence-corrected chi connectivity index (χ0v) is 32.0. The maximum atomic E-state index is 6.71. The molecule has 10 aromatic rings. The molecule has 272 valence electrons. The van der Waals surface area contributed by atoms with Crippen molar-refractivity contribution in [3.63, 3.8) is 0 Å². The number of fused-ring (bicyclic) bond motifs is 6. The Morgan fingerprint density at radius 3 is 1.66 bits per heavy atom. The number of hydrogen-bond acceptors (Lipinski definition) is 2. The molecule has 1 aromatic heterocycles. The first-order valence-electron chi connectivity index (χ1n) is 19.8. The van der Waals surface area contributed by atoms with Gasteiger partial charge in [0.25, 0.3) is 0 Å². The smallest absolute Gasteiger partial charge is 0.136 e. The van der Waals surface area contributed by atoms with Crippen molar-refractivity contribution in [2.45, 2.75) is 6.92 Å². The Balaban J connectivity index is 1.03. The van der Waals surface area contributed by atoms with Gasteiger partial charge in [0, 0.05) is 21.9 Å². The lowest BCUT2D eigenvalue weighted by Gasteiger charge is -2.23. The number of rotatable bonds is 6. The third kappa shape index (κ3) is 5.83. The van der Waals surface area contributed by atoms with Crippen molar-refractivity contribution >= 4 is 60.5 Å². The molecule has 0 saturated carbocycles. The van der Waals surface area contributed by atoms with E-state index in [9.17, 15) is 0 Å². The van der Waals surface area contributed by atoms with E-state index in [-0.39, 0.29) is 0 Å². The van der Waals surface area contributed by atoms with Gasteiger partial charge in [0.1, 0.15) is 11.2 Å². The summed E-state index contributed by atoms with van der Waals surface area (Å²) in [6, 6.07) is 71.5. The summed E-state index contributed by atoms with van der Waals surface area (Å²) in [7, 11) is 0. The molecule has 0 spiro atoms. The number of furan rings is 1. The van der Waals surface area contributed by atoms with Crippen LogP contribution in [0.3, 0.4) is 0 Å². The van der Waals surface area contributed by atoms with Gasteiger partial charge in [-0.3, -0.25) is 0 Å². The Labute approximate surface area is 337 Å². The summed E-state index contributed by atoms with van der Waals surface area (Å²) in [4.78, 5) is 0. The molecule has 0 atom stereocenters. The van der Waals surface area contributed by atoms with Crippen LogP contribution in [0, 0.1) is 0 Å². The molecule has 0 unspecified atom stereocenters. The molecule has 58 heavy (non-hydrogen) atoms. The van der Waals surface area contributed by atoms with Crippen molar-refractivity contribution in [1.82, 2.24) is 5.32 Å². The molecule has 1 N–H and O–H groups in total. The summed E-state index contributed by atoms with van der Waals surface area (Å²) in [5, 5.41) is 10.9. The van der Waals surface area contributed by atoms with Crippen molar-refractivity contribution in [3.05, 3.63) is 228 Å². The van der Waals surface area contributed by atoms with Crippen molar-refractivity contribution in [1.29, 1.82) is 0 Å². The molecule has 2 heteroatoms. The quantitative estimate of drug-likeness (QED) is 0.172. The molecule has 9 aromatic carbocycles. The fourth-order valence-corrected chi connectivity index (χ4v) is 8.62. The van der Waals surface area contributed by atoms with Crippen LogP contribution in [-0.2, 0) is 0 Å². The van der Waals surface area contributed by atoms with Crippen LogP contribution in [0.25, 0.3) is 93.8 Å². The van der Waals surface area contributed by atoms with Crippen molar-refractivity contribution in [2.24, 2.45) is 0 Å². The first-order chi connectivity index (χ1) is 28.6. The van der Waals surface area contributed by atoms with Crippen LogP contribution in [0.5, 0.6) is 0 Å². The maximum Gasteiger partial charge on any atom is 0.136 e. The summed E-state index contributed by atoms with van der Waals surface area (Å²) in [6.07, 6.45) is 0. The Morgan fingerprint density at radius 1 is 0.397 bits per heavy atom. The van der Waals surface area contributed by atoms with E-state index in [2.05, 4.69) is 218 Å². The van der Waals surface area contributed by atoms with E-state index in [0.717, 1.165) is 77.5 Å². The number of allylic oxidation sites excluding steroid dienone is 2. The molecule has 0 aliphatic carbocycles. The molecular formula is C56H37NO. The standard InChI is InChI=1S/C56H37NO/c1-36-49(42-27-24-39(25-28-42)37-12-4-2-5-13-37)34-52(57-56(36)43-15-6-3-7-16-43)50-35-54-55(48-19-11-10-18-47(48)50)51-33-46(30-31-53(51)58-54)41-22-20-40(21-23-41)45-29-26-38-14-8-9-17-44(38)32-45/h2-33,35,57H,1H3. The highest BCUT2D eigenvalue weighted by atomic mass is 16.3. The SMILES string of the molecule is CC1=C(c2ccccc2)NC(c2cc3oc4ccc(-c5ccc(-c6ccc7ccccc7c6)cc5)cc4c3c3ccccc23)=C=C1c1ccc(-c2ccccc2)cc1. The number of nitrogens with one attached hydrogen (secondary N) is 1.